The minimum absolute atomic E-state index is 0. The third-order valence-electron chi connectivity index (χ3n) is 2.73. The molecule has 0 aliphatic heterocycles. The third kappa shape index (κ3) is 7.10. The molecule has 0 atom stereocenters. The zero-order valence-electron chi connectivity index (χ0n) is 13.1. The molecule has 1 aromatic carbocycles. The minimum atomic E-state index is -0.156. The average Bonchev–Trinajstić information content (AvgIpc) is 2.35. The summed E-state index contributed by atoms with van der Waals surface area (Å²) in [6, 6.07) is 8.50. The van der Waals surface area contributed by atoms with Crippen LogP contribution in [0.2, 0.25) is 0 Å². The molecule has 0 amide bonds. The molecule has 0 saturated heterocycles. The smallest absolute Gasteiger partial charge is 0.308 e. The summed E-state index contributed by atoms with van der Waals surface area (Å²) in [6.45, 7) is 8.44. The molecule has 3 heteroatoms. The van der Waals surface area contributed by atoms with Crippen LogP contribution in [0.15, 0.2) is 30.3 Å². The molecule has 20 heavy (non-hydrogen) atoms. The summed E-state index contributed by atoms with van der Waals surface area (Å²) in [5, 5.41) is 0. The predicted molar refractivity (Wildman–Crippen MR) is 84.8 cm³/mol. The molecule has 0 saturated carbocycles. The van der Waals surface area contributed by atoms with Crippen LogP contribution in [0.4, 0.5) is 0 Å². The summed E-state index contributed by atoms with van der Waals surface area (Å²) in [5.41, 5.74) is 2.49. The molecule has 0 spiro atoms. The van der Waals surface area contributed by atoms with E-state index in [1.807, 2.05) is 26.0 Å². The van der Waals surface area contributed by atoms with Gasteiger partial charge in [-0.15, -0.1) is 0 Å². The van der Waals surface area contributed by atoms with E-state index >= 15 is 0 Å². The van der Waals surface area contributed by atoms with Crippen molar-refractivity contribution in [2.45, 2.75) is 34.1 Å². The van der Waals surface area contributed by atoms with Gasteiger partial charge in [0.05, 0.1) is 5.92 Å². The Balaban J connectivity index is 0.00000361. The molecule has 0 aliphatic carbocycles. The molecular weight excluding hydrogens is 250 g/mol. The topological polar surface area (TPSA) is 61.3 Å². The fourth-order valence-corrected chi connectivity index (χ4v) is 1.72. The van der Waals surface area contributed by atoms with E-state index in [9.17, 15) is 4.79 Å². The zero-order valence-corrected chi connectivity index (χ0v) is 13.1. The summed E-state index contributed by atoms with van der Waals surface area (Å²) in [4.78, 5) is 11.2. The monoisotopic (exact) mass is 277 g/mol. The Hall–Kier alpha value is -1.61. The number of hydrogen-bond donors (Lipinski definition) is 1. The Morgan fingerprint density at radius 1 is 1.15 bits per heavy atom. The molecule has 3 N–H and O–H groups in total. The van der Waals surface area contributed by atoms with E-state index in [-0.39, 0.29) is 18.0 Å². The number of esters is 1. The van der Waals surface area contributed by atoms with Gasteiger partial charge in [0.1, 0.15) is 6.61 Å². The second kappa shape index (κ2) is 9.32. The van der Waals surface area contributed by atoms with Crippen molar-refractivity contribution in [3.8, 4) is 0 Å². The summed E-state index contributed by atoms with van der Waals surface area (Å²) in [6.07, 6.45) is 4.96. The Morgan fingerprint density at radius 3 is 2.25 bits per heavy atom. The molecular formula is C17H27NO2. The van der Waals surface area contributed by atoms with E-state index in [1.54, 1.807) is 0 Å². The Labute approximate surface area is 122 Å². The number of ether oxygens (including phenoxy) is 1. The van der Waals surface area contributed by atoms with Crippen LogP contribution in [0.5, 0.6) is 0 Å². The SMILES string of the molecule is CC(C)Cc1ccc(/C=C/COC(=O)C(C)C)cc1.N. The Morgan fingerprint density at radius 2 is 1.75 bits per heavy atom. The van der Waals surface area contributed by atoms with E-state index in [2.05, 4.69) is 38.1 Å². The summed E-state index contributed by atoms with van der Waals surface area (Å²) < 4.78 is 5.08. The van der Waals surface area contributed by atoms with Crippen molar-refractivity contribution >= 4 is 12.0 Å². The van der Waals surface area contributed by atoms with Gasteiger partial charge >= 0.3 is 5.97 Å². The quantitative estimate of drug-likeness (QED) is 0.790. The van der Waals surface area contributed by atoms with Crippen molar-refractivity contribution in [2.75, 3.05) is 6.61 Å². The molecule has 0 aliphatic rings. The van der Waals surface area contributed by atoms with Gasteiger partial charge in [0.25, 0.3) is 0 Å². The van der Waals surface area contributed by atoms with Crippen LogP contribution in [0.25, 0.3) is 6.08 Å². The molecule has 0 unspecified atom stereocenters. The molecule has 3 nitrogen and oxygen atoms in total. The maximum atomic E-state index is 11.2. The Bertz CT molecular complexity index is 419. The van der Waals surface area contributed by atoms with Crippen LogP contribution < -0.4 is 6.15 Å². The summed E-state index contributed by atoms with van der Waals surface area (Å²) >= 11 is 0. The first-order chi connectivity index (χ1) is 8.99. The lowest BCUT2D eigenvalue weighted by Gasteiger charge is -2.05. The van der Waals surface area contributed by atoms with Gasteiger partial charge in [0.2, 0.25) is 0 Å². The highest BCUT2D eigenvalue weighted by molar-refractivity contribution is 5.71. The van der Waals surface area contributed by atoms with Crippen molar-refractivity contribution in [1.82, 2.24) is 6.15 Å². The van der Waals surface area contributed by atoms with Gasteiger partial charge in [-0.3, -0.25) is 4.79 Å². The van der Waals surface area contributed by atoms with Gasteiger partial charge in [-0.05, 0) is 29.5 Å². The second-order valence-electron chi connectivity index (χ2n) is 5.53. The van der Waals surface area contributed by atoms with Crippen LogP contribution in [-0.2, 0) is 16.0 Å². The highest BCUT2D eigenvalue weighted by Crippen LogP contribution is 2.10. The number of benzene rings is 1. The van der Waals surface area contributed by atoms with E-state index in [4.69, 9.17) is 4.74 Å². The van der Waals surface area contributed by atoms with Gasteiger partial charge in [-0.25, -0.2) is 0 Å². The van der Waals surface area contributed by atoms with Gasteiger partial charge in [-0.2, -0.15) is 0 Å². The van der Waals surface area contributed by atoms with Crippen LogP contribution in [0.3, 0.4) is 0 Å². The van der Waals surface area contributed by atoms with Crippen molar-refractivity contribution in [3.63, 3.8) is 0 Å². The lowest BCUT2D eigenvalue weighted by Crippen LogP contribution is -2.11. The molecule has 0 heterocycles. The maximum Gasteiger partial charge on any atom is 0.308 e. The number of carbonyl (C=O) groups is 1. The highest BCUT2D eigenvalue weighted by Gasteiger charge is 2.05. The molecule has 0 aromatic heterocycles. The van der Waals surface area contributed by atoms with Crippen molar-refractivity contribution in [1.29, 1.82) is 0 Å². The number of hydrogen-bond acceptors (Lipinski definition) is 3. The lowest BCUT2D eigenvalue weighted by atomic mass is 10.0. The van der Waals surface area contributed by atoms with Crippen LogP contribution in [0.1, 0.15) is 38.8 Å². The first kappa shape index (κ1) is 18.4. The third-order valence-corrected chi connectivity index (χ3v) is 2.73. The lowest BCUT2D eigenvalue weighted by molar-refractivity contribution is -0.145. The largest absolute Gasteiger partial charge is 0.461 e. The van der Waals surface area contributed by atoms with Crippen LogP contribution >= 0.6 is 0 Å². The van der Waals surface area contributed by atoms with Gasteiger partial charge in [-0.1, -0.05) is 58.0 Å². The predicted octanol–water partition coefficient (Wildman–Crippen LogP) is 4.26. The zero-order chi connectivity index (χ0) is 14.3. The molecule has 0 radical (unpaired) electrons. The minimum Gasteiger partial charge on any atom is -0.461 e. The van der Waals surface area contributed by atoms with Gasteiger partial charge < -0.3 is 10.9 Å². The maximum absolute atomic E-state index is 11.2. The first-order valence-electron chi connectivity index (χ1n) is 6.91. The number of carbonyl (C=O) groups excluding carboxylic acids is 1. The molecule has 0 bridgehead atoms. The summed E-state index contributed by atoms with van der Waals surface area (Å²) in [7, 11) is 0. The van der Waals surface area contributed by atoms with Crippen molar-refractivity contribution < 1.29 is 9.53 Å². The average molecular weight is 277 g/mol. The highest BCUT2D eigenvalue weighted by atomic mass is 16.5. The molecule has 112 valence electrons. The van der Waals surface area contributed by atoms with Gasteiger partial charge in [0, 0.05) is 0 Å². The van der Waals surface area contributed by atoms with Crippen LogP contribution in [0, 0.1) is 11.8 Å². The van der Waals surface area contributed by atoms with E-state index < -0.39 is 0 Å². The fraction of sp³-hybridized carbons (Fsp3) is 0.471. The Kier molecular flexibility index (Phi) is 8.57. The normalized spacial score (nSPS) is 10.9. The molecule has 1 rings (SSSR count). The van der Waals surface area contributed by atoms with E-state index in [0.29, 0.717) is 12.5 Å². The van der Waals surface area contributed by atoms with E-state index in [0.717, 1.165) is 12.0 Å². The van der Waals surface area contributed by atoms with E-state index in [1.165, 1.54) is 5.56 Å². The number of rotatable bonds is 6. The summed E-state index contributed by atoms with van der Waals surface area (Å²) in [5.74, 6) is 0.456. The standard InChI is InChI=1S/C17H24O2.H3N/c1-13(2)12-16-9-7-15(8-10-16)6-5-11-19-17(18)14(3)4;/h5-10,13-14H,11-12H2,1-4H3;1H3/b6-5+;. The first-order valence-corrected chi connectivity index (χ1v) is 6.91. The van der Waals surface area contributed by atoms with Crippen molar-refractivity contribution in [3.05, 3.63) is 41.5 Å². The van der Waals surface area contributed by atoms with Crippen LogP contribution in [-0.4, -0.2) is 12.6 Å². The molecule has 1 aromatic rings. The fourth-order valence-electron chi connectivity index (χ4n) is 1.72. The van der Waals surface area contributed by atoms with Gasteiger partial charge in [0.15, 0.2) is 0 Å². The van der Waals surface area contributed by atoms with Crippen molar-refractivity contribution in [2.24, 2.45) is 11.8 Å². The molecule has 0 fully saturated rings. The second-order valence-corrected chi connectivity index (χ2v) is 5.53.